The van der Waals surface area contributed by atoms with E-state index in [2.05, 4.69) is 28.7 Å². The average Bonchev–Trinajstić information content (AvgIpc) is 3.32. The zero-order valence-corrected chi connectivity index (χ0v) is 38.5. The summed E-state index contributed by atoms with van der Waals surface area (Å²) in [6.07, 6.45) is 12.7. The fourth-order valence-corrected chi connectivity index (χ4v) is 12.4. The molecule has 1 saturated heterocycles. The average molecular weight is 909 g/mol. The van der Waals surface area contributed by atoms with Crippen LogP contribution in [-0.2, 0) is 30.9 Å². The Morgan fingerprint density at radius 2 is 1.83 bits per heavy atom. The molecular formula is C51H64N4O9S. The fourth-order valence-electron chi connectivity index (χ4n) is 10.5. The number of aliphatic hydroxyl groups is 2. The molecule has 4 heterocycles. The molecule has 0 radical (unpaired) electrons. The summed E-state index contributed by atoms with van der Waals surface area (Å²) in [4.78, 5) is 15.6. The topological polar surface area (TPSA) is 162 Å². The molecule has 0 bridgehead atoms. The van der Waals surface area contributed by atoms with Crippen molar-refractivity contribution in [2.24, 2.45) is 22.9 Å². The smallest absolute Gasteiger partial charge is 0.245 e. The lowest BCUT2D eigenvalue weighted by Gasteiger charge is -2.59. The van der Waals surface area contributed by atoms with Gasteiger partial charge in [0, 0.05) is 61.4 Å². The van der Waals surface area contributed by atoms with Crippen molar-refractivity contribution < 1.29 is 42.4 Å². The number of hydrogen-bond acceptors (Lipinski definition) is 12. The van der Waals surface area contributed by atoms with Crippen molar-refractivity contribution in [3.05, 3.63) is 114 Å². The van der Waals surface area contributed by atoms with Crippen LogP contribution in [0, 0.1) is 24.7 Å². The lowest BCUT2D eigenvalue weighted by Crippen LogP contribution is -2.70. The number of nitrogens with zero attached hydrogens (tertiary/aromatic N) is 4. The monoisotopic (exact) mass is 908 g/mol. The van der Waals surface area contributed by atoms with Crippen LogP contribution in [-0.4, -0.2) is 89.7 Å². The number of ether oxygens (including phenoxy) is 4. The van der Waals surface area contributed by atoms with E-state index in [0.717, 1.165) is 61.0 Å². The van der Waals surface area contributed by atoms with Crippen LogP contribution in [0.2, 0.25) is 0 Å². The van der Waals surface area contributed by atoms with Gasteiger partial charge in [0.25, 0.3) is 0 Å². The Morgan fingerprint density at radius 1 is 1.02 bits per heavy atom. The molecule has 1 unspecified atom stereocenters. The van der Waals surface area contributed by atoms with Crippen molar-refractivity contribution in [2.45, 2.75) is 120 Å². The first-order valence-electron chi connectivity index (χ1n) is 23.5. The molecule has 14 heteroatoms. The zero-order valence-electron chi connectivity index (χ0n) is 37.7. The predicted molar refractivity (Wildman–Crippen MR) is 249 cm³/mol. The number of benzene rings is 2. The van der Waals surface area contributed by atoms with E-state index < -0.39 is 34.1 Å². The van der Waals surface area contributed by atoms with Crippen molar-refractivity contribution in [2.75, 3.05) is 33.0 Å². The molecule has 348 valence electrons. The highest BCUT2D eigenvalue weighted by Crippen LogP contribution is 2.62. The Balaban J connectivity index is 1.35. The summed E-state index contributed by atoms with van der Waals surface area (Å²) in [6.45, 7) is 9.21. The first-order valence-corrected chi connectivity index (χ1v) is 24.9. The third-order valence-corrected chi connectivity index (χ3v) is 15.3. The molecule has 4 aromatic rings. The lowest BCUT2D eigenvalue weighted by molar-refractivity contribution is -0.251. The Labute approximate surface area is 383 Å². The van der Waals surface area contributed by atoms with Crippen LogP contribution >= 0.6 is 0 Å². The highest BCUT2D eigenvalue weighted by atomic mass is 32.2. The molecule has 2 aromatic heterocycles. The largest absolute Gasteiger partial charge is 0.487 e. The van der Waals surface area contributed by atoms with Crippen LogP contribution < -0.4 is 9.47 Å². The molecule has 13 nitrogen and oxygen atoms in total. The minimum absolute atomic E-state index is 0.00173. The SMILES string of the molecule is C=CCO[C@@]12Oc3ccc(OCc4cccc(C)n4)cc3[C@H]3[C@H](CCCCO)[C@@H](CCCCO)C=C(C(=NOC4CCCCO4)C[C@@H]1N(CCC)S(=O)(=O)c1cccc4cccnc14)[C@H]32. The van der Waals surface area contributed by atoms with E-state index >= 15 is 8.42 Å². The molecule has 2 fully saturated rings. The van der Waals surface area contributed by atoms with Crippen LogP contribution in [0.15, 0.2) is 107 Å². The number of aryl methyl sites for hydroxylation is 1. The maximum absolute atomic E-state index is 15.6. The fraction of sp³-hybridized carbons (Fsp3) is 0.510. The molecule has 2 aliphatic carbocycles. The van der Waals surface area contributed by atoms with E-state index in [1.807, 2.05) is 56.3 Å². The number of oxime groups is 1. The van der Waals surface area contributed by atoms with E-state index in [1.54, 1.807) is 34.8 Å². The second kappa shape index (κ2) is 21.3. The van der Waals surface area contributed by atoms with Gasteiger partial charge in [-0.05, 0) is 112 Å². The van der Waals surface area contributed by atoms with Gasteiger partial charge >= 0.3 is 0 Å². The van der Waals surface area contributed by atoms with Gasteiger partial charge in [-0.1, -0.05) is 61.3 Å². The molecule has 2 N–H and O–H groups in total. The number of aromatic nitrogens is 2. The maximum Gasteiger partial charge on any atom is 0.245 e. The third-order valence-electron chi connectivity index (χ3n) is 13.4. The molecular weight excluding hydrogens is 845 g/mol. The Morgan fingerprint density at radius 3 is 2.60 bits per heavy atom. The number of aliphatic hydroxyl groups excluding tert-OH is 2. The van der Waals surface area contributed by atoms with Gasteiger partial charge in [0.1, 0.15) is 23.0 Å². The van der Waals surface area contributed by atoms with E-state index in [1.165, 1.54) is 0 Å². The van der Waals surface area contributed by atoms with Crippen molar-refractivity contribution in [3.8, 4) is 11.5 Å². The van der Waals surface area contributed by atoms with E-state index in [0.29, 0.717) is 60.4 Å². The van der Waals surface area contributed by atoms with Crippen LogP contribution in [0.1, 0.15) is 100 Å². The van der Waals surface area contributed by atoms with Crippen molar-refractivity contribution >= 4 is 26.6 Å². The van der Waals surface area contributed by atoms with Crippen LogP contribution in [0.4, 0.5) is 0 Å². The molecule has 8 rings (SSSR count). The number of rotatable bonds is 21. The van der Waals surface area contributed by atoms with E-state index in [9.17, 15) is 10.2 Å². The molecule has 2 aromatic carbocycles. The van der Waals surface area contributed by atoms with Gasteiger partial charge in [0.15, 0.2) is 0 Å². The number of pyridine rings is 2. The molecule has 65 heavy (non-hydrogen) atoms. The summed E-state index contributed by atoms with van der Waals surface area (Å²) in [6, 6.07) is 19.7. The molecule has 7 atom stereocenters. The van der Waals surface area contributed by atoms with E-state index in [4.69, 9.17) is 28.9 Å². The number of unbranched alkanes of at least 4 members (excludes halogenated alkanes) is 2. The normalized spacial score (nSPS) is 25.7. The van der Waals surface area contributed by atoms with Gasteiger partial charge in [0.2, 0.25) is 22.1 Å². The standard InChI is InChI=1S/C51H64N4O9S/c1-4-26-55(65(58,59)45-21-13-17-36-18-14-25-52-50(36)45)46-33-43(54-64-47-22-8-11-30-60-47)41-31-37(16-6-9-27-56)40(20-7-10-28-57)48-42-32-39(61-34-38-19-12-15-35(3)53-38)23-24-44(42)63-51(46,49(41)48)62-29-5-2/h5,12-15,17-19,21,23-25,31-32,37,40,46-49,56-57H,2,4,6-11,16,20,22,26-30,33-34H2,1,3H3/t37-,40+,46-,47?,48+,49+,51+/m0/s1. The van der Waals surface area contributed by atoms with Gasteiger partial charge in [-0.25, -0.2) is 8.42 Å². The van der Waals surface area contributed by atoms with Crippen LogP contribution in [0.5, 0.6) is 11.5 Å². The summed E-state index contributed by atoms with van der Waals surface area (Å²) in [7, 11) is -4.30. The molecule has 1 saturated carbocycles. The highest BCUT2D eigenvalue weighted by molar-refractivity contribution is 7.89. The molecule has 2 aliphatic heterocycles. The van der Waals surface area contributed by atoms with Crippen molar-refractivity contribution in [1.29, 1.82) is 0 Å². The number of fused-ring (bicyclic) bond motifs is 3. The van der Waals surface area contributed by atoms with Crippen molar-refractivity contribution in [3.63, 3.8) is 0 Å². The van der Waals surface area contributed by atoms with E-state index in [-0.39, 0.29) is 62.0 Å². The number of sulfonamides is 1. The second-order valence-electron chi connectivity index (χ2n) is 17.7. The van der Waals surface area contributed by atoms with Gasteiger partial charge in [-0.2, -0.15) is 4.31 Å². The van der Waals surface area contributed by atoms with Crippen LogP contribution in [0.25, 0.3) is 10.9 Å². The predicted octanol–water partition coefficient (Wildman–Crippen LogP) is 8.78. The number of allylic oxidation sites excluding steroid dienone is 1. The summed E-state index contributed by atoms with van der Waals surface area (Å²) in [5, 5.41) is 25.7. The van der Waals surface area contributed by atoms with Gasteiger partial charge in [-0.15, -0.1) is 6.58 Å². The highest BCUT2D eigenvalue weighted by Gasteiger charge is 2.66. The van der Waals surface area contributed by atoms with Crippen LogP contribution in [0.3, 0.4) is 0 Å². The van der Waals surface area contributed by atoms with Gasteiger partial charge in [-0.3, -0.25) is 9.97 Å². The summed E-state index contributed by atoms with van der Waals surface area (Å²) < 4.78 is 59.8. The summed E-state index contributed by atoms with van der Waals surface area (Å²) >= 11 is 0. The number of para-hydroxylation sites is 1. The molecule has 0 spiro atoms. The number of hydrogen-bond donors (Lipinski definition) is 2. The van der Waals surface area contributed by atoms with Gasteiger partial charge in [0.05, 0.1) is 42.1 Å². The quantitative estimate of drug-likeness (QED) is 0.0467. The van der Waals surface area contributed by atoms with Gasteiger partial charge < -0.3 is 34.0 Å². The molecule has 4 aliphatic rings. The Bertz CT molecular complexity index is 2430. The minimum Gasteiger partial charge on any atom is -0.487 e. The molecule has 0 amide bonds. The zero-order chi connectivity index (χ0) is 45.4. The summed E-state index contributed by atoms with van der Waals surface area (Å²) in [5.41, 5.74) is 4.53. The lowest BCUT2D eigenvalue weighted by atomic mass is 9.55. The summed E-state index contributed by atoms with van der Waals surface area (Å²) in [5.74, 6) is -1.18. The van der Waals surface area contributed by atoms with Crippen molar-refractivity contribution in [1.82, 2.24) is 14.3 Å². The first-order chi connectivity index (χ1) is 31.7. The Hall–Kier alpha value is -4.70. The first kappa shape index (κ1) is 46.8. The Kier molecular flexibility index (Phi) is 15.3. The third kappa shape index (κ3) is 9.89. The maximum atomic E-state index is 15.6. The minimum atomic E-state index is -4.30. The second-order valence-corrected chi connectivity index (χ2v) is 19.5.